The molecule has 2 rings (SSSR count). The number of sulfonamides is 1. The van der Waals surface area contributed by atoms with E-state index in [0.717, 1.165) is 32.5 Å². The molecule has 0 bridgehead atoms. The summed E-state index contributed by atoms with van der Waals surface area (Å²) in [6, 6.07) is 6.39. The number of amides is 1. The highest BCUT2D eigenvalue weighted by Crippen LogP contribution is 2.18. The van der Waals surface area contributed by atoms with Gasteiger partial charge in [-0.2, -0.15) is 4.31 Å². The molecule has 1 amide bonds. The van der Waals surface area contributed by atoms with E-state index in [1.807, 2.05) is 18.7 Å². The number of carbonyl (C=O) groups excluding carboxylic acids is 1. The van der Waals surface area contributed by atoms with Crippen LogP contribution in [-0.4, -0.2) is 74.2 Å². The first kappa shape index (κ1) is 20.9. The second-order valence-electron chi connectivity index (χ2n) is 6.65. The van der Waals surface area contributed by atoms with Crippen molar-refractivity contribution in [3.8, 4) is 0 Å². The summed E-state index contributed by atoms with van der Waals surface area (Å²) >= 11 is 0. The Bertz CT molecular complexity index is 674. The van der Waals surface area contributed by atoms with Crippen LogP contribution in [0.5, 0.6) is 0 Å². The minimum Gasteiger partial charge on any atom is -0.336 e. The number of piperazine rings is 1. The van der Waals surface area contributed by atoms with Crippen LogP contribution in [0.3, 0.4) is 0 Å². The standard InChI is InChI=1S/C19H31N3O3S/c1-4-11-22(12-5-2)26(24,25)18-9-7-17(8-10-18)19(23)21-15-13-20(6-3)14-16-21/h7-10H,4-6,11-16H2,1-3H3. The summed E-state index contributed by atoms with van der Waals surface area (Å²) in [6.45, 7) is 11.3. The van der Waals surface area contributed by atoms with Gasteiger partial charge in [-0.1, -0.05) is 20.8 Å². The molecule has 26 heavy (non-hydrogen) atoms. The first-order valence-electron chi connectivity index (χ1n) is 9.55. The molecule has 1 saturated heterocycles. The molecule has 1 fully saturated rings. The number of hydrogen-bond donors (Lipinski definition) is 0. The molecule has 0 radical (unpaired) electrons. The number of rotatable bonds is 8. The van der Waals surface area contributed by atoms with Gasteiger partial charge in [0, 0.05) is 44.8 Å². The summed E-state index contributed by atoms with van der Waals surface area (Å²) in [5, 5.41) is 0. The zero-order valence-corrected chi connectivity index (χ0v) is 17.0. The van der Waals surface area contributed by atoms with Crippen LogP contribution in [0.25, 0.3) is 0 Å². The normalized spacial score (nSPS) is 16.2. The molecule has 7 heteroatoms. The molecule has 0 atom stereocenters. The predicted molar refractivity (Wildman–Crippen MR) is 104 cm³/mol. The van der Waals surface area contributed by atoms with Crippen molar-refractivity contribution in [2.24, 2.45) is 0 Å². The summed E-state index contributed by atoms with van der Waals surface area (Å²) in [5.74, 6) is -0.0244. The first-order valence-corrected chi connectivity index (χ1v) is 11.0. The van der Waals surface area contributed by atoms with Crippen molar-refractivity contribution in [1.82, 2.24) is 14.1 Å². The van der Waals surface area contributed by atoms with E-state index in [-0.39, 0.29) is 10.8 Å². The van der Waals surface area contributed by atoms with Gasteiger partial charge in [-0.3, -0.25) is 4.79 Å². The largest absolute Gasteiger partial charge is 0.336 e. The van der Waals surface area contributed by atoms with Gasteiger partial charge in [-0.15, -0.1) is 0 Å². The first-order chi connectivity index (χ1) is 12.4. The highest BCUT2D eigenvalue weighted by Gasteiger charge is 2.25. The highest BCUT2D eigenvalue weighted by atomic mass is 32.2. The predicted octanol–water partition coefficient (Wildman–Crippen LogP) is 2.28. The monoisotopic (exact) mass is 381 g/mol. The van der Waals surface area contributed by atoms with Gasteiger partial charge in [0.2, 0.25) is 10.0 Å². The fourth-order valence-corrected chi connectivity index (χ4v) is 4.84. The Morgan fingerprint density at radius 1 is 0.962 bits per heavy atom. The molecule has 0 aromatic heterocycles. The number of carbonyl (C=O) groups is 1. The van der Waals surface area contributed by atoms with Crippen molar-refractivity contribution < 1.29 is 13.2 Å². The van der Waals surface area contributed by atoms with Crippen molar-refractivity contribution in [2.75, 3.05) is 45.8 Å². The lowest BCUT2D eigenvalue weighted by Crippen LogP contribution is -2.48. The zero-order chi connectivity index (χ0) is 19.2. The maximum atomic E-state index is 12.8. The summed E-state index contributed by atoms with van der Waals surface area (Å²) in [7, 11) is -3.50. The summed E-state index contributed by atoms with van der Waals surface area (Å²) < 4.78 is 27.1. The second-order valence-corrected chi connectivity index (χ2v) is 8.59. The van der Waals surface area contributed by atoms with E-state index in [9.17, 15) is 13.2 Å². The van der Waals surface area contributed by atoms with Gasteiger partial charge in [0.15, 0.2) is 0 Å². The molecule has 6 nitrogen and oxygen atoms in total. The van der Waals surface area contributed by atoms with E-state index in [1.54, 1.807) is 24.3 Å². The third-order valence-electron chi connectivity index (χ3n) is 4.79. The minimum atomic E-state index is -3.50. The highest BCUT2D eigenvalue weighted by molar-refractivity contribution is 7.89. The summed E-state index contributed by atoms with van der Waals surface area (Å²) in [5.41, 5.74) is 0.548. The van der Waals surface area contributed by atoms with Crippen LogP contribution >= 0.6 is 0 Å². The SMILES string of the molecule is CCCN(CCC)S(=O)(=O)c1ccc(C(=O)N2CCN(CC)CC2)cc1. The van der Waals surface area contributed by atoms with Gasteiger partial charge in [0.1, 0.15) is 0 Å². The lowest BCUT2D eigenvalue weighted by atomic mass is 10.2. The lowest BCUT2D eigenvalue weighted by molar-refractivity contribution is 0.0643. The van der Waals surface area contributed by atoms with E-state index in [2.05, 4.69) is 11.8 Å². The summed E-state index contributed by atoms with van der Waals surface area (Å²) in [4.78, 5) is 17.1. The Morgan fingerprint density at radius 2 is 1.50 bits per heavy atom. The minimum absolute atomic E-state index is 0.0244. The Hall–Kier alpha value is -1.44. The van der Waals surface area contributed by atoms with Crippen LogP contribution in [0, 0.1) is 0 Å². The van der Waals surface area contributed by atoms with Crippen LogP contribution in [-0.2, 0) is 10.0 Å². The van der Waals surface area contributed by atoms with E-state index in [4.69, 9.17) is 0 Å². The Labute approximate surface area is 157 Å². The van der Waals surface area contributed by atoms with Crippen molar-refractivity contribution in [1.29, 1.82) is 0 Å². The van der Waals surface area contributed by atoms with Crippen LogP contribution in [0.2, 0.25) is 0 Å². The van der Waals surface area contributed by atoms with E-state index in [0.29, 0.717) is 31.7 Å². The molecule has 0 saturated carbocycles. The number of likely N-dealkylation sites (N-methyl/N-ethyl adjacent to an activating group) is 1. The molecule has 0 unspecified atom stereocenters. The molecule has 0 spiro atoms. The van der Waals surface area contributed by atoms with Gasteiger partial charge in [0.05, 0.1) is 4.90 Å². The zero-order valence-electron chi connectivity index (χ0n) is 16.1. The van der Waals surface area contributed by atoms with Crippen LogP contribution in [0.1, 0.15) is 44.0 Å². The molecule has 1 aliphatic rings. The van der Waals surface area contributed by atoms with E-state index < -0.39 is 10.0 Å². The van der Waals surface area contributed by atoms with E-state index >= 15 is 0 Å². The number of hydrogen-bond acceptors (Lipinski definition) is 4. The quantitative estimate of drug-likeness (QED) is 0.693. The average molecular weight is 382 g/mol. The molecular weight excluding hydrogens is 350 g/mol. The van der Waals surface area contributed by atoms with Crippen molar-refractivity contribution in [2.45, 2.75) is 38.5 Å². The molecular formula is C19H31N3O3S. The molecule has 1 aromatic rings. The lowest BCUT2D eigenvalue weighted by Gasteiger charge is -2.34. The number of benzene rings is 1. The average Bonchev–Trinajstić information content (AvgIpc) is 2.67. The molecule has 1 heterocycles. The Kier molecular flexibility index (Phi) is 7.61. The van der Waals surface area contributed by atoms with Crippen LogP contribution in [0.4, 0.5) is 0 Å². The van der Waals surface area contributed by atoms with Crippen molar-refractivity contribution in [3.05, 3.63) is 29.8 Å². The van der Waals surface area contributed by atoms with Gasteiger partial charge in [-0.05, 0) is 43.7 Å². The third-order valence-corrected chi connectivity index (χ3v) is 6.70. The van der Waals surface area contributed by atoms with Gasteiger partial charge in [-0.25, -0.2) is 8.42 Å². The topological polar surface area (TPSA) is 60.9 Å². The van der Waals surface area contributed by atoms with Gasteiger partial charge < -0.3 is 9.80 Å². The number of nitrogens with zero attached hydrogens (tertiary/aromatic N) is 3. The maximum absolute atomic E-state index is 12.8. The van der Waals surface area contributed by atoms with E-state index in [1.165, 1.54) is 4.31 Å². The fourth-order valence-electron chi connectivity index (χ4n) is 3.22. The molecule has 146 valence electrons. The molecule has 1 aromatic carbocycles. The van der Waals surface area contributed by atoms with Crippen LogP contribution in [0.15, 0.2) is 29.2 Å². The van der Waals surface area contributed by atoms with Gasteiger partial charge >= 0.3 is 0 Å². The summed E-state index contributed by atoms with van der Waals surface area (Å²) in [6.07, 6.45) is 1.55. The third kappa shape index (κ3) is 4.84. The maximum Gasteiger partial charge on any atom is 0.253 e. The van der Waals surface area contributed by atoms with Crippen molar-refractivity contribution in [3.63, 3.8) is 0 Å². The smallest absolute Gasteiger partial charge is 0.253 e. The second kappa shape index (κ2) is 9.48. The van der Waals surface area contributed by atoms with Crippen LogP contribution < -0.4 is 0 Å². The van der Waals surface area contributed by atoms with Crippen molar-refractivity contribution >= 4 is 15.9 Å². The molecule has 1 aliphatic heterocycles. The van der Waals surface area contributed by atoms with Gasteiger partial charge in [0.25, 0.3) is 5.91 Å². The Morgan fingerprint density at radius 3 is 1.96 bits per heavy atom. The Balaban J connectivity index is 2.11. The molecule has 0 N–H and O–H groups in total. The fraction of sp³-hybridized carbons (Fsp3) is 0.632. The molecule has 0 aliphatic carbocycles.